The number of hydrogen-bond donors (Lipinski definition) is 2. The lowest BCUT2D eigenvalue weighted by Gasteiger charge is -2.16. The normalized spacial score (nSPS) is 12.1. The lowest BCUT2D eigenvalue weighted by Crippen LogP contribution is -2.16. The molecular formula is C16H17ClN2O2. The van der Waals surface area contributed by atoms with Crippen LogP contribution in [0.4, 0.5) is 0 Å². The number of nitrogens with zero attached hydrogens (tertiary/aromatic N) is 1. The number of halogens is 1. The highest BCUT2D eigenvalue weighted by molar-refractivity contribution is 6.33. The maximum atomic E-state index is 10.9. The molecule has 110 valence electrons. The van der Waals surface area contributed by atoms with Crippen LogP contribution in [0.1, 0.15) is 23.5 Å². The van der Waals surface area contributed by atoms with Crippen LogP contribution in [0.5, 0.6) is 0 Å². The highest BCUT2D eigenvalue weighted by Gasteiger charge is 2.16. The van der Waals surface area contributed by atoms with Crippen LogP contribution in [-0.4, -0.2) is 22.6 Å². The van der Waals surface area contributed by atoms with Crippen LogP contribution >= 0.6 is 11.6 Å². The predicted octanol–water partition coefficient (Wildman–Crippen LogP) is 3.23. The van der Waals surface area contributed by atoms with E-state index in [1.54, 1.807) is 18.5 Å². The molecule has 1 aromatic heterocycles. The first kappa shape index (κ1) is 15.5. The highest BCUT2D eigenvalue weighted by atomic mass is 35.5. The van der Waals surface area contributed by atoms with Gasteiger partial charge in [0.25, 0.3) is 0 Å². The van der Waals surface area contributed by atoms with Crippen molar-refractivity contribution in [2.24, 2.45) is 5.73 Å². The van der Waals surface area contributed by atoms with Crippen LogP contribution in [0, 0.1) is 6.92 Å². The van der Waals surface area contributed by atoms with Gasteiger partial charge in [0, 0.05) is 34.5 Å². The van der Waals surface area contributed by atoms with Gasteiger partial charge in [0.2, 0.25) is 0 Å². The van der Waals surface area contributed by atoms with E-state index >= 15 is 0 Å². The summed E-state index contributed by atoms with van der Waals surface area (Å²) in [6.45, 7) is 2.26. The number of nitrogens with two attached hydrogens (primary N) is 1. The molecule has 1 aromatic carbocycles. The fourth-order valence-corrected chi connectivity index (χ4v) is 2.52. The van der Waals surface area contributed by atoms with E-state index in [4.69, 9.17) is 22.4 Å². The zero-order chi connectivity index (χ0) is 15.4. The monoisotopic (exact) mass is 304 g/mol. The van der Waals surface area contributed by atoms with Crippen LogP contribution in [0.3, 0.4) is 0 Å². The third-order valence-corrected chi connectivity index (χ3v) is 3.83. The number of pyridine rings is 1. The minimum atomic E-state index is -0.862. The number of aromatic nitrogens is 1. The van der Waals surface area contributed by atoms with Crippen LogP contribution in [0.2, 0.25) is 5.02 Å². The fraction of sp³-hybridized carbons (Fsp3) is 0.250. The number of aliphatic carboxylic acids is 1. The van der Waals surface area contributed by atoms with E-state index in [1.165, 1.54) is 0 Å². The fourth-order valence-electron chi connectivity index (χ4n) is 2.30. The van der Waals surface area contributed by atoms with Gasteiger partial charge in [-0.05, 0) is 42.8 Å². The summed E-state index contributed by atoms with van der Waals surface area (Å²) in [6.07, 6.45) is 3.49. The average Bonchev–Trinajstić information content (AvgIpc) is 2.46. The second-order valence-corrected chi connectivity index (χ2v) is 5.37. The number of hydrogen-bond acceptors (Lipinski definition) is 3. The molecule has 3 N–H and O–H groups in total. The van der Waals surface area contributed by atoms with Gasteiger partial charge in [-0.2, -0.15) is 0 Å². The first-order valence-electron chi connectivity index (χ1n) is 6.65. The summed E-state index contributed by atoms with van der Waals surface area (Å²) < 4.78 is 0. The van der Waals surface area contributed by atoms with E-state index in [0.29, 0.717) is 5.02 Å². The first-order valence-corrected chi connectivity index (χ1v) is 7.03. The van der Waals surface area contributed by atoms with E-state index in [2.05, 4.69) is 4.98 Å². The van der Waals surface area contributed by atoms with Gasteiger partial charge in [0.1, 0.15) is 0 Å². The summed E-state index contributed by atoms with van der Waals surface area (Å²) in [4.78, 5) is 15.1. The van der Waals surface area contributed by atoms with Crippen molar-refractivity contribution in [1.29, 1.82) is 0 Å². The van der Waals surface area contributed by atoms with E-state index < -0.39 is 5.97 Å². The Morgan fingerprint density at radius 2 is 2.14 bits per heavy atom. The molecule has 0 unspecified atom stereocenters. The molecule has 0 saturated carbocycles. The minimum absolute atomic E-state index is 0.00357. The van der Waals surface area contributed by atoms with Gasteiger partial charge in [0.05, 0.1) is 6.42 Å². The van der Waals surface area contributed by atoms with Crippen LogP contribution < -0.4 is 5.73 Å². The summed E-state index contributed by atoms with van der Waals surface area (Å²) in [6, 6.07) is 7.43. The third kappa shape index (κ3) is 3.60. The van der Waals surface area contributed by atoms with Gasteiger partial charge in [-0.1, -0.05) is 17.7 Å². The predicted molar refractivity (Wildman–Crippen MR) is 83.5 cm³/mol. The Kier molecular flexibility index (Phi) is 4.94. The highest BCUT2D eigenvalue weighted by Crippen LogP contribution is 2.33. The van der Waals surface area contributed by atoms with Gasteiger partial charge in [-0.15, -0.1) is 0 Å². The molecule has 1 heterocycles. The number of aryl methyl sites for hydroxylation is 1. The minimum Gasteiger partial charge on any atom is -0.481 e. The van der Waals surface area contributed by atoms with Crippen molar-refractivity contribution in [2.45, 2.75) is 19.3 Å². The number of carboxylic acids is 1. The van der Waals surface area contributed by atoms with Gasteiger partial charge in [-0.25, -0.2) is 0 Å². The number of rotatable bonds is 5. The standard InChI is InChI=1S/C16H17ClN2O2/c1-10-4-5-19-9-14(10)13-6-11(2-3-15(13)17)12(8-18)7-16(20)21/h2-6,9,12H,7-8,18H2,1H3,(H,20,21)/t12-/m0/s1. The first-order chi connectivity index (χ1) is 10.0. The lowest BCUT2D eigenvalue weighted by atomic mass is 9.92. The molecule has 0 aliphatic rings. The van der Waals surface area contributed by atoms with E-state index in [-0.39, 0.29) is 18.9 Å². The topological polar surface area (TPSA) is 76.2 Å². The van der Waals surface area contributed by atoms with Gasteiger partial charge in [0.15, 0.2) is 0 Å². The van der Waals surface area contributed by atoms with Gasteiger partial charge >= 0.3 is 5.97 Å². The SMILES string of the molecule is Cc1ccncc1-c1cc([C@H](CN)CC(=O)O)ccc1Cl. The maximum absolute atomic E-state index is 10.9. The summed E-state index contributed by atoms with van der Waals surface area (Å²) in [5.74, 6) is -1.09. The quantitative estimate of drug-likeness (QED) is 0.889. The van der Waals surface area contributed by atoms with Gasteiger partial charge < -0.3 is 10.8 Å². The van der Waals surface area contributed by atoms with Crippen LogP contribution in [0.15, 0.2) is 36.7 Å². The van der Waals surface area contributed by atoms with E-state index in [9.17, 15) is 4.79 Å². The largest absolute Gasteiger partial charge is 0.481 e. The molecule has 0 saturated heterocycles. The van der Waals surface area contributed by atoms with Crippen molar-refractivity contribution in [1.82, 2.24) is 4.98 Å². The molecule has 0 fully saturated rings. The molecule has 2 aromatic rings. The molecular weight excluding hydrogens is 288 g/mol. The molecule has 0 radical (unpaired) electrons. The number of carboxylic acid groups (broad SMARTS) is 1. The molecule has 1 atom stereocenters. The maximum Gasteiger partial charge on any atom is 0.304 e. The van der Waals surface area contributed by atoms with Crippen molar-refractivity contribution in [3.05, 3.63) is 52.8 Å². The van der Waals surface area contributed by atoms with Crippen molar-refractivity contribution >= 4 is 17.6 Å². The van der Waals surface area contributed by atoms with E-state index in [0.717, 1.165) is 22.3 Å². The van der Waals surface area contributed by atoms with Crippen LogP contribution in [0.25, 0.3) is 11.1 Å². The molecule has 0 aliphatic carbocycles. The molecule has 21 heavy (non-hydrogen) atoms. The third-order valence-electron chi connectivity index (χ3n) is 3.50. The smallest absolute Gasteiger partial charge is 0.304 e. The second kappa shape index (κ2) is 6.70. The Hall–Kier alpha value is -1.91. The lowest BCUT2D eigenvalue weighted by molar-refractivity contribution is -0.137. The molecule has 5 heteroatoms. The summed E-state index contributed by atoms with van der Waals surface area (Å²) in [7, 11) is 0. The zero-order valence-electron chi connectivity index (χ0n) is 11.7. The molecule has 2 rings (SSSR count). The number of benzene rings is 1. The van der Waals surface area contributed by atoms with E-state index in [1.807, 2.05) is 25.1 Å². The molecule has 0 bridgehead atoms. The van der Waals surface area contributed by atoms with Crippen molar-refractivity contribution in [3.63, 3.8) is 0 Å². The zero-order valence-corrected chi connectivity index (χ0v) is 12.5. The van der Waals surface area contributed by atoms with Crippen molar-refractivity contribution in [3.8, 4) is 11.1 Å². The average molecular weight is 305 g/mol. The Balaban J connectivity index is 2.46. The Bertz CT molecular complexity index is 658. The Labute approximate surface area is 128 Å². The molecule has 0 amide bonds. The summed E-state index contributed by atoms with van der Waals surface area (Å²) >= 11 is 6.28. The van der Waals surface area contributed by atoms with Crippen molar-refractivity contribution in [2.75, 3.05) is 6.54 Å². The summed E-state index contributed by atoms with van der Waals surface area (Å²) in [5, 5.41) is 9.58. The number of carbonyl (C=O) groups is 1. The Morgan fingerprint density at radius 3 is 2.76 bits per heavy atom. The van der Waals surface area contributed by atoms with Crippen molar-refractivity contribution < 1.29 is 9.90 Å². The second-order valence-electron chi connectivity index (χ2n) is 4.96. The van der Waals surface area contributed by atoms with Crippen LogP contribution in [-0.2, 0) is 4.79 Å². The molecule has 4 nitrogen and oxygen atoms in total. The summed E-state index contributed by atoms with van der Waals surface area (Å²) in [5.41, 5.74) is 9.43. The molecule has 0 spiro atoms. The molecule has 0 aliphatic heterocycles. The van der Waals surface area contributed by atoms with Gasteiger partial charge in [-0.3, -0.25) is 9.78 Å². The Morgan fingerprint density at radius 1 is 1.38 bits per heavy atom.